The van der Waals surface area contributed by atoms with Crippen molar-refractivity contribution in [2.75, 3.05) is 45.8 Å². The van der Waals surface area contributed by atoms with Crippen molar-refractivity contribution in [1.29, 1.82) is 0 Å². The van der Waals surface area contributed by atoms with Crippen LogP contribution in [0, 0.1) is 0 Å². The number of carbonyl (C=O) groups is 2. The van der Waals surface area contributed by atoms with Crippen molar-refractivity contribution in [2.45, 2.75) is 30.6 Å². The molecule has 2 aliphatic rings. The quantitative estimate of drug-likeness (QED) is 0.615. The third kappa shape index (κ3) is 4.63. The van der Waals surface area contributed by atoms with Gasteiger partial charge in [-0.2, -0.15) is 4.31 Å². The fourth-order valence-corrected chi connectivity index (χ4v) is 6.95. The molecule has 2 aromatic rings. The Morgan fingerprint density at radius 3 is 2.55 bits per heavy atom. The van der Waals surface area contributed by atoms with Gasteiger partial charge in [-0.1, -0.05) is 0 Å². The van der Waals surface area contributed by atoms with Crippen molar-refractivity contribution in [1.82, 2.24) is 4.31 Å². The summed E-state index contributed by atoms with van der Waals surface area (Å²) in [6.45, 7) is 1.07. The minimum atomic E-state index is -3.88. The molecule has 1 aliphatic carbocycles. The highest BCUT2D eigenvalue weighted by atomic mass is 32.2. The van der Waals surface area contributed by atoms with Gasteiger partial charge in [0, 0.05) is 23.5 Å². The third-order valence-electron chi connectivity index (χ3n) is 5.80. The molecule has 178 valence electrons. The molecule has 0 radical (unpaired) electrons. The number of methoxy groups -OCH3 is 2. The molecule has 9 nitrogen and oxygen atoms in total. The summed E-state index contributed by atoms with van der Waals surface area (Å²) in [4.78, 5) is 26.6. The van der Waals surface area contributed by atoms with Crippen molar-refractivity contribution < 1.29 is 32.2 Å². The summed E-state index contributed by atoms with van der Waals surface area (Å²) in [7, 11) is -1.19. The predicted octanol–water partition coefficient (Wildman–Crippen LogP) is 2.70. The molecule has 0 unspecified atom stereocenters. The van der Waals surface area contributed by atoms with Gasteiger partial charge in [-0.3, -0.25) is 4.79 Å². The van der Waals surface area contributed by atoms with Crippen LogP contribution in [0.1, 0.15) is 44.0 Å². The van der Waals surface area contributed by atoms with Crippen LogP contribution in [0.15, 0.2) is 23.1 Å². The molecule has 1 aromatic heterocycles. The zero-order chi connectivity index (χ0) is 23.6. The summed E-state index contributed by atoms with van der Waals surface area (Å²) in [5.41, 5.74) is 1.46. The Balaban J connectivity index is 1.67. The Morgan fingerprint density at radius 2 is 1.85 bits per heavy atom. The first kappa shape index (κ1) is 23.7. The molecule has 0 atom stereocenters. The van der Waals surface area contributed by atoms with Crippen molar-refractivity contribution in [3.63, 3.8) is 0 Å². The van der Waals surface area contributed by atoms with Gasteiger partial charge in [0.2, 0.25) is 10.0 Å². The number of aryl methyl sites for hydroxylation is 1. The van der Waals surface area contributed by atoms with Gasteiger partial charge in [0.1, 0.15) is 15.6 Å². The van der Waals surface area contributed by atoms with E-state index < -0.39 is 21.9 Å². The summed E-state index contributed by atoms with van der Waals surface area (Å²) in [5.74, 6) is -0.852. The molecule has 0 spiro atoms. The van der Waals surface area contributed by atoms with Gasteiger partial charge in [-0.15, -0.1) is 11.3 Å². The number of fused-ring (bicyclic) bond motifs is 1. The number of benzene rings is 1. The number of hydrogen-bond acceptors (Lipinski definition) is 8. The average molecular weight is 495 g/mol. The molecule has 1 aromatic carbocycles. The Labute approximate surface area is 196 Å². The minimum Gasteiger partial charge on any atom is -0.495 e. The smallest absolute Gasteiger partial charge is 0.341 e. The van der Waals surface area contributed by atoms with Crippen LogP contribution >= 0.6 is 11.3 Å². The SMILES string of the molecule is COC(=O)c1c(NC(=O)c2ccc(OC)c(S(=O)(=O)N3CCOCC3)c2)sc2c1CCCC2. The highest BCUT2D eigenvalue weighted by Gasteiger charge is 2.31. The molecular formula is C22H26N2O7S2. The molecule has 1 N–H and O–H groups in total. The molecule has 0 saturated carbocycles. The number of sulfonamides is 1. The summed E-state index contributed by atoms with van der Waals surface area (Å²) < 4.78 is 43.2. The largest absolute Gasteiger partial charge is 0.495 e. The maximum absolute atomic E-state index is 13.2. The molecule has 0 bridgehead atoms. The van der Waals surface area contributed by atoms with E-state index in [1.165, 1.54) is 48.1 Å². The Morgan fingerprint density at radius 1 is 1.12 bits per heavy atom. The minimum absolute atomic E-state index is 0.0850. The van der Waals surface area contributed by atoms with Gasteiger partial charge in [-0.25, -0.2) is 13.2 Å². The van der Waals surface area contributed by atoms with E-state index in [0.29, 0.717) is 23.8 Å². The van der Waals surface area contributed by atoms with Gasteiger partial charge in [-0.05, 0) is 49.4 Å². The zero-order valence-electron chi connectivity index (χ0n) is 18.5. The van der Waals surface area contributed by atoms with E-state index in [0.717, 1.165) is 36.1 Å². The summed E-state index contributed by atoms with van der Waals surface area (Å²) in [5, 5.41) is 3.23. The Hall–Kier alpha value is -2.47. The maximum atomic E-state index is 13.2. The standard InChI is InChI=1S/C22H26N2O7S2/c1-29-16-8-7-14(13-18(16)33(27,28)24-9-11-31-12-10-24)20(25)23-21-19(22(26)30-2)15-5-3-4-6-17(15)32-21/h7-8,13H,3-6,9-12H2,1-2H3,(H,23,25). The van der Waals surface area contributed by atoms with Gasteiger partial charge in [0.15, 0.2) is 0 Å². The number of rotatable bonds is 6. The number of carbonyl (C=O) groups excluding carboxylic acids is 2. The first-order valence-electron chi connectivity index (χ1n) is 10.7. The van der Waals surface area contributed by atoms with Gasteiger partial charge < -0.3 is 19.5 Å². The van der Waals surface area contributed by atoms with E-state index in [-0.39, 0.29) is 29.3 Å². The highest BCUT2D eigenvalue weighted by Crippen LogP contribution is 2.39. The van der Waals surface area contributed by atoms with Gasteiger partial charge in [0.05, 0.1) is 33.0 Å². The first-order chi connectivity index (χ1) is 15.9. The molecule has 4 rings (SSSR count). The number of amides is 1. The van der Waals surface area contributed by atoms with Crippen LogP contribution in [0.5, 0.6) is 5.75 Å². The first-order valence-corrected chi connectivity index (χ1v) is 12.9. The molecule has 1 fully saturated rings. The monoisotopic (exact) mass is 494 g/mol. The number of anilines is 1. The lowest BCUT2D eigenvalue weighted by Gasteiger charge is -2.26. The van der Waals surface area contributed by atoms with Crippen LogP contribution < -0.4 is 10.1 Å². The number of nitrogens with one attached hydrogen (secondary N) is 1. The summed E-state index contributed by atoms with van der Waals surface area (Å²) >= 11 is 1.37. The van der Waals surface area contributed by atoms with E-state index in [1.54, 1.807) is 0 Å². The number of morpholine rings is 1. The van der Waals surface area contributed by atoms with Crippen LogP contribution in [0.25, 0.3) is 0 Å². The molecule has 33 heavy (non-hydrogen) atoms. The Kier molecular flexibility index (Phi) is 7.03. The summed E-state index contributed by atoms with van der Waals surface area (Å²) in [6.07, 6.45) is 3.62. The lowest BCUT2D eigenvalue weighted by atomic mass is 9.95. The highest BCUT2D eigenvalue weighted by molar-refractivity contribution is 7.89. The molecule has 1 saturated heterocycles. The predicted molar refractivity (Wildman–Crippen MR) is 123 cm³/mol. The zero-order valence-corrected chi connectivity index (χ0v) is 20.1. The van der Waals surface area contributed by atoms with Crippen LogP contribution in [0.2, 0.25) is 0 Å². The van der Waals surface area contributed by atoms with E-state index >= 15 is 0 Å². The normalized spacial score (nSPS) is 16.7. The molecule has 1 amide bonds. The molecular weight excluding hydrogens is 468 g/mol. The number of thiophene rings is 1. The van der Waals surface area contributed by atoms with Gasteiger partial charge in [0.25, 0.3) is 5.91 Å². The second-order valence-electron chi connectivity index (χ2n) is 7.74. The van der Waals surface area contributed by atoms with E-state index in [2.05, 4.69) is 5.32 Å². The molecule has 2 heterocycles. The second-order valence-corrected chi connectivity index (χ2v) is 10.8. The number of nitrogens with zero attached hydrogens (tertiary/aromatic N) is 1. The second kappa shape index (κ2) is 9.80. The van der Waals surface area contributed by atoms with Crippen LogP contribution in [-0.2, 0) is 32.3 Å². The molecule has 1 aliphatic heterocycles. The van der Waals surface area contributed by atoms with Crippen LogP contribution in [0.4, 0.5) is 5.00 Å². The van der Waals surface area contributed by atoms with Crippen LogP contribution in [0.3, 0.4) is 0 Å². The van der Waals surface area contributed by atoms with Crippen molar-refractivity contribution in [3.05, 3.63) is 39.8 Å². The number of esters is 1. The van der Waals surface area contributed by atoms with E-state index in [4.69, 9.17) is 14.2 Å². The fraction of sp³-hybridized carbons (Fsp3) is 0.455. The van der Waals surface area contributed by atoms with E-state index in [9.17, 15) is 18.0 Å². The van der Waals surface area contributed by atoms with Crippen molar-refractivity contribution in [2.24, 2.45) is 0 Å². The third-order valence-corrected chi connectivity index (χ3v) is 8.93. The van der Waals surface area contributed by atoms with E-state index in [1.807, 2.05) is 0 Å². The number of hydrogen-bond donors (Lipinski definition) is 1. The lowest BCUT2D eigenvalue weighted by Crippen LogP contribution is -2.40. The van der Waals surface area contributed by atoms with Gasteiger partial charge >= 0.3 is 5.97 Å². The maximum Gasteiger partial charge on any atom is 0.341 e. The number of ether oxygens (including phenoxy) is 3. The average Bonchev–Trinajstić information content (AvgIpc) is 3.21. The topological polar surface area (TPSA) is 111 Å². The van der Waals surface area contributed by atoms with Crippen molar-refractivity contribution in [3.8, 4) is 5.75 Å². The molecule has 11 heteroatoms. The Bertz CT molecular complexity index is 1170. The summed E-state index contributed by atoms with van der Waals surface area (Å²) in [6, 6.07) is 4.27. The van der Waals surface area contributed by atoms with Crippen LogP contribution in [-0.4, -0.2) is 65.1 Å². The lowest BCUT2D eigenvalue weighted by molar-refractivity contribution is 0.0601. The fourth-order valence-electron chi connectivity index (χ4n) is 4.09. The van der Waals surface area contributed by atoms with Crippen molar-refractivity contribution >= 4 is 38.2 Å².